The average molecular weight is 347 g/mol. The monoisotopic (exact) mass is 348 g/mol. The smallest absolute Gasteiger partial charge is 1.00 e. The van der Waals surface area contributed by atoms with Crippen LogP contribution in [0.15, 0.2) is 0 Å². The zero-order valence-corrected chi connectivity index (χ0v) is 11.7. The summed E-state index contributed by atoms with van der Waals surface area (Å²) >= 11 is 0. The minimum Gasteiger partial charge on any atom is -1.00 e. The summed E-state index contributed by atoms with van der Waals surface area (Å²) in [6.07, 6.45) is 0. The number of rotatable bonds is 0. The average Bonchev–Trinajstić information content (AvgIpc) is 0. The molecule has 0 saturated heterocycles. The van der Waals surface area contributed by atoms with Gasteiger partial charge in [0.1, 0.15) is 0 Å². The van der Waals surface area contributed by atoms with Crippen molar-refractivity contribution in [2.45, 2.75) is 0 Å². The third-order valence-corrected chi connectivity index (χ3v) is 0. The Morgan fingerprint density at radius 2 is 0.444 bits per heavy atom. The minimum atomic E-state index is 0. The van der Waals surface area contributed by atoms with Gasteiger partial charge in [0.05, 0.1) is 0 Å². The van der Waals surface area contributed by atoms with Crippen LogP contribution >= 0.6 is 0 Å². The van der Waals surface area contributed by atoms with Crippen LogP contribution in [-0.2, 0) is 0 Å². The van der Waals surface area contributed by atoms with E-state index in [1.165, 1.54) is 0 Å². The third kappa shape index (κ3) is 105. The van der Waals surface area contributed by atoms with Crippen molar-refractivity contribution in [2.24, 2.45) is 0 Å². The summed E-state index contributed by atoms with van der Waals surface area (Å²) in [6, 6.07) is 0. The van der Waals surface area contributed by atoms with E-state index in [1.54, 1.807) is 0 Å². The summed E-state index contributed by atoms with van der Waals surface area (Å²) in [4.78, 5) is 0. The van der Waals surface area contributed by atoms with Gasteiger partial charge in [0.15, 0.2) is 0 Å². The summed E-state index contributed by atoms with van der Waals surface area (Å²) in [5.41, 5.74) is 0. The molecule has 0 aliphatic rings. The molecule has 48 valence electrons. The van der Waals surface area contributed by atoms with Crippen molar-refractivity contribution in [1.29, 1.82) is 0 Å². The molecular formula is F6LaLiSr. The van der Waals surface area contributed by atoms with Crippen LogP contribution in [0.25, 0.3) is 0 Å². The molecule has 0 aromatic carbocycles. The second-order valence-electron chi connectivity index (χ2n) is 0. The first-order valence-electron chi connectivity index (χ1n) is 0. The molecule has 0 N–H and O–H groups in total. The summed E-state index contributed by atoms with van der Waals surface area (Å²) < 4.78 is 0. The van der Waals surface area contributed by atoms with Gasteiger partial charge in [-0.1, -0.05) is 0 Å². The van der Waals surface area contributed by atoms with Crippen LogP contribution < -0.4 is 47.1 Å². The zero-order chi connectivity index (χ0) is 0. The molecule has 9 heavy (non-hydrogen) atoms. The molecule has 0 unspecified atom stereocenters. The topological polar surface area (TPSA) is 0 Å². The second kappa shape index (κ2) is 129. The third-order valence-electron chi connectivity index (χ3n) is 0. The van der Waals surface area contributed by atoms with Gasteiger partial charge in [0.25, 0.3) is 0 Å². The molecule has 0 nitrogen and oxygen atoms in total. The van der Waals surface area contributed by atoms with Crippen molar-refractivity contribution in [1.82, 2.24) is 0 Å². The summed E-state index contributed by atoms with van der Waals surface area (Å²) in [5, 5.41) is 0. The van der Waals surface area contributed by atoms with Crippen LogP contribution in [0.2, 0.25) is 0 Å². The van der Waals surface area contributed by atoms with Crippen molar-refractivity contribution < 1.29 is 82.7 Å². The van der Waals surface area contributed by atoms with Gasteiger partial charge in [-0.3, -0.25) is 0 Å². The zero-order valence-electron chi connectivity index (χ0n) is 4.55. The van der Waals surface area contributed by atoms with Crippen LogP contribution in [0.5, 0.6) is 0 Å². The first kappa shape index (κ1) is 172. The predicted octanol–water partition coefficient (Wildman–Crippen LogP) is -21.4. The van der Waals surface area contributed by atoms with Gasteiger partial charge in [-0.15, -0.1) is 0 Å². The number of hydrogen-bond acceptors (Lipinski definition) is 0. The van der Waals surface area contributed by atoms with E-state index in [0.29, 0.717) is 0 Å². The molecule has 0 bridgehead atoms. The van der Waals surface area contributed by atoms with Gasteiger partial charge < -0.3 is 28.2 Å². The molecule has 0 atom stereocenters. The first-order valence-corrected chi connectivity index (χ1v) is 0. The fourth-order valence-electron chi connectivity index (χ4n) is 0. The van der Waals surface area contributed by atoms with Crippen molar-refractivity contribution in [3.05, 3.63) is 0 Å². The Balaban J connectivity index is 0. The molecule has 0 heterocycles. The van der Waals surface area contributed by atoms with Crippen molar-refractivity contribution in [2.75, 3.05) is 0 Å². The molecule has 0 amide bonds. The Labute approximate surface area is 126 Å². The molecule has 0 aliphatic carbocycles. The van der Waals surface area contributed by atoms with E-state index in [0.717, 1.165) is 0 Å². The Hall–Kier alpha value is 2.85. The number of hydrogen-bond donors (Lipinski definition) is 0. The molecule has 9 heteroatoms. The predicted molar refractivity (Wildman–Crippen MR) is 5.75 cm³/mol. The first-order chi connectivity index (χ1) is 0. The molecule has 0 aliphatic heterocycles. The van der Waals surface area contributed by atoms with Gasteiger partial charge in [-0.2, -0.15) is 0 Å². The maximum atomic E-state index is 0. The molecule has 0 rings (SSSR count). The number of halogens is 6. The van der Waals surface area contributed by atoms with Gasteiger partial charge in [0, 0.05) is 0 Å². The Bertz CT molecular complexity index is 13.0. The van der Waals surface area contributed by atoms with Gasteiger partial charge >= 0.3 is 99.9 Å². The summed E-state index contributed by atoms with van der Waals surface area (Å²) in [5.74, 6) is 0. The summed E-state index contributed by atoms with van der Waals surface area (Å²) in [7, 11) is 0. The van der Waals surface area contributed by atoms with Crippen LogP contribution in [0.3, 0.4) is 0 Å². The van der Waals surface area contributed by atoms with Crippen LogP contribution in [0, 0.1) is 35.6 Å². The maximum absolute atomic E-state index is 0. The minimum absolute atomic E-state index is 0. The maximum Gasteiger partial charge on any atom is 3.00 e. The largest absolute Gasteiger partial charge is 3.00 e. The van der Waals surface area contributed by atoms with Crippen LogP contribution in [-0.4, -0.2) is 45.5 Å². The molecule has 0 radical (unpaired) electrons. The fourth-order valence-corrected chi connectivity index (χ4v) is 0. The van der Waals surface area contributed by atoms with Crippen molar-refractivity contribution >= 4 is 45.5 Å². The molecular weight excluding hydrogens is 347 g/mol. The normalized spacial score (nSPS) is 0. The fraction of sp³-hybridized carbons (Fsp3) is 0. The molecule has 0 aromatic rings. The van der Waals surface area contributed by atoms with E-state index >= 15 is 0 Å². The van der Waals surface area contributed by atoms with E-state index < -0.39 is 0 Å². The van der Waals surface area contributed by atoms with Crippen molar-refractivity contribution in [3.8, 4) is 0 Å². The molecule has 0 fully saturated rings. The molecule has 0 aromatic heterocycles. The van der Waals surface area contributed by atoms with Gasteiger partial charge in [-0.05, 0) is 0 Å². The van der Waals surface area contributed by atoms with E-state index in [4.69, 9.17) is 0 Å². The van der Waals surface area contributed by atoms with Crippen LogP contribution in [0.4, 0.5) is 0 Å². The Morgan fingerprint density at radius 3 is 0.444 bits per heavy atom. The van der Waals surface area contributed by atoms with E-state index in [1.807, 2.05) is 0 Å². The van der Waals surface area contributed by atoms with Gasteiger partial charge in [-0.25, -0.2) is 0 Å². The SMILES string of the molecule is [F-].[F-].[F-].[F-].[F-].[F-].[La+3].[Li+].[Sr+2]. The summed E-state index contributed by atoms with van der Waals surface area (Å²) in [6.45, 7) is 0. The van der Waals surface area contributed by atoms with E-state index in [9.17, 15) is 0 Å². The van der Waals surface area contributed by atoms with E-state index in [2.05, 4.69) is 0 Å². The quantitative estimate of drug-likeness (QED) is 0.302. The van der Waals surface area contributed by atoms with Crippen molar-refractivity contribution in [3.63, 3.8) is 0 Å². The van der Waals surface area contributed by atoms with Crippen LogP contribution in [0.1, 0.15) is 0 Å². The Morgan fingerprint density at radius 1 is 0.444 bits per heavy atom. The van der Waals surface area contributed by atoms with Gasteiger partial charge in [0.2, 0.25) is 0 Å². The molecule has 0 spiro atoms. The standard InChI is InChI=1S/6FH.La.Li.Sr/h6*1H;;;/q;;;;;;+3;+1;+2/p-6. The molecule has 0 saturated carbocycles. The second-order valence-corrected chi connectivity index (χ2v) is 0. The van der Waals surface area contributed by atoms with E-state index in [-0.39, 0.29) is 128 Å². The Kier molecular flexibility index (Phi) is 2470.